The quantitative estimate of drug-likeness (QED) is 0.747. The van der Waals surface area contributed by atoms with Gasteiger partial charge >= 0.3 is 0 Å². The van der Waals surface area contributed by atoms with E-state index in [1.54, 1.807) is 22.9 Å². The first-order chi connectivity index (χ1) is 12.8. The number of aromatic nitrogens is 1. The van der Waals surface area contributed by atoms with Crippen LogP contribution in [0.3, 0.4) is 0 Å². The van der Waals surface area contributed by atoms with Crippen molar-refractivity contribution in [3.05, 3.63) is 100.0 Å². The summed E-state index contributed by atoms with van der Waals surface area (Å²) in [5.41, 5.74) is 3.57. The van der Waals surface area contributed by atoms with Crippen molar-refractivity contribution < 1.29 is 4.79 Å². The lowest BCUT2D eigenvalue weighted by molar-refractivity contribution is 0.102. The molecule has 0 spiro atoms. The van der Waals surface area contributed by atoms with Crippen molar-refractivity contribution in [2.45, 2.75) is 32.7 Å². The maximum atomic E-state index is 12.4. The van der Waals surface area contributed by atoms with Gasteiger partial charge in [-0.3, -0.25) is 9.59 Å². The zero-order valence-electron chi connectivity index (χ0n) is 15.9. The molecular formula is C23H24N2O2. The van der Waals surface area contributed by atoms with Gasteiger partial charge in [0.1, 0.15) is 0 Å². The van der Waals surface area contributed by atoms with Gasteiger partial charge in [0, 0.05) is 23.5 Å². The first-order valence-electron chi connectivity index (χ1n) is 8.99. The molecule has 0 saturated carbocycles. The molecule has 2 aromatic carbocycles. The maximum Gasteiger partial charge on any atom is 0.255 e. The van der Waals surface area contributed by atoms with Crippen LogP contribution in [-0.4, -0.2) is 10.5 Å². The molecule has 0 unspecified atom stereocenters. The van der Waals surface area contributed by atoms with Crippen molar-refractivity contribution in [2.75, 3.05) is 5.32 Å². The van der Waals surface area contributed by atoms with E-state index in [-0.39, 0.29) is 16.9 Å². The predicted molar refractivity (Wildman–Crippen MR) is 109 cm³/mol. The number of nitrogens with zero attached hydrogens (tertiary/aromatic N) is 1. The molecule has 0 saturated heterocycles. The molecule has 0 bridgehead atoms. The molecule has 0 radical (unpaired) electrons. The summed E-state index contributed by atoms with van der Waals surface area (Å²) in [6.45, 7) is 6.94. The molecule has 0 aliphatic heterocycles. The fraction of sp³-hybridized carbons (Fsp3) is 0.217. The molecule has 0 fully saturated rings. The van der Waals surface area contributed by atoms with Gasteiger partial charge < -0.3 is 9.88 Å². The van der Waals surface area contributed by atoms with Crippen LogP contribution in [-0.2, 0) is 12.0 Å². The number of hydrogen-bond acceptors (Lipinski definition) is 2. The Labute approximate surface area is 159 Å². The summed E-state index contributed by atoms with van der Waals surface area (Å²) in [4.78, 5) is 24.2. The van der Waals surface area contributed by atoms with Crippen LogP contribution in [0.1, 0.15) is 42.3 Å². The Kier molecular flexibility index (Phi) is 5.26. The van der Waals surface area contributed by atoms with Gasteiger partial charge in [0.25, 0.3) is 11.5 Å². The van der Waals surface area contributed by atoms with Crippen molar-refractivity contribution in [3.63, 3.8) is 0 Å². The molecule has 4 heteroatoms. The molecule has 0 atom stereocenters. The van der Waals surface area contributed by atoms with E-state index in [0.29, 0.717) is 12.1 Å². The molecule has 1 amide bonds. The zero-order valence-corrected chi connectivity index (χ0v) is 15.9. The summed E-state index contributed by atoms with van der Waals surface area (Å²) in [5.74, 6) is -0.137. The number of nitrogens with one attached hydrogen (secondary N) is 1. The second kappa shape index (κ2) is 7.62. The van der Waals surface area contributed by atoms with Crippen molar-refractivity contribution in [1.29, 1.82) is 0 Å². The third-order valence-corrected chi connectivity index (χ3v) is 4.48. The van der Waals surface area contributed by atoms with Gasteiger partial charge in [-0.05, 0) is 46.9 Å². The van der Waals surface area contributed by atoms with E-state index in [0.717, 1.165) is 11.3 Å². The van der Waals surface area contributed by atoms with Crippen LogP contribution < -0.4 is 10.9 Å². The second-order valence-corrected chi connectivity index (χ2v) is 7.65. The van der Waals surface area contributed by atoms with E-state index in [4.69, 9.17) is 0 Å². The van der Waals surface area contributed by atoms with Gasteiger partial charge in [-0.2, -0.15) is 0 Å². The van der Waals surface area contributed by atoms with Gasteiger partial charge in [0.2, 0.25) is 0 Å². The van der Waals surface area contributed by atoms with E-state index in [9.17, 15) is 9.59 Å². The second-order valence-electron chi connectivity index (χ2n) is 7.65. The molecule has 1 aromatic heterocycles. The molecule has 1 N–H and O–H groups in total. The number of amides is 1. The van der Waals surface area contributed by atoms with Gasteiger partial charge in [0.15, 0.2) is 0 Å². The van der Waals surface area contributed by atoms with Crippen LogP contribution in [0.5, 0.6) is 0 Å². The molecule has 4 nitrogen and oxygen atoms in total. The highest BCUT2D eigenvalue weighted by Crippen LogP contribution is 2.22. The third-order valence-electron chi connectivity index (χ3n) is 4.48. The number of anilines is 1. The number of pyridine rings is 1. The maximum absolute atomic E-state index is 12.4. The average Bonchev–Trinajstić information content (AvgIpc) is 2.64. The van der Waals surface area contributed by atoms with E-state index in [1.165, 1.54) is 5.56 Å². The van der Waals surface area contributed by atoms with Crippen LogP contribution in [0.15, 0.2) is 77.7 Å². The smallest absolute Gasteiger partial charge is 0.255 e. The van der Waals surface area contributed by atoms with Gasteiger partial charge in [-0.1, -0.05) is 51.1 Å². The summed E-state index contributed by atoms with van der Waals surface area (Å²) in [5, 5.41) is 2.91. The van der Waals surface area contributed by atoms with Crippen molar-refractivity contribution in [3.8, 4) is 0 Å². The molecule has 0 aliphatic carbocycles. The normalized spacial score (nSPS) is 11.2. The number of carbonyl (C=O) groups is 1. The topological polar surface area (TPSA) is 51.1 Å². The molecule has 3 aromatic rings. The average molecular weight is 360 g/mol. The Morgan fingerprint density at radius 3 is 2.19 bits per heavy atom. The van der Waals surface area contributed by atoms with Crippen molar-refractivity contribution in [1.82, 2.24) is 4.57 Å². The van der Waals surface area contributed by atoms with Crippen LogP contribution in [0.2, 0.25) is 0 Å². The number of hydrogen-bond donors (Lipinski definition) is 1. The Morgan fingerprint density at radius 2 is 1.59 bits per heavy atom. The minimum atomic E-state index is -0.137. The Bertz CT molecular complexity index is 978. The lowest BCUT2D eigenvalue weighted by atomic mass is 9.87. The lowest BCUT2D eigenvalue weighted by Crippen LogP contribution is -2.18. The summed E-state index contributed by atoms with van der Waals surface area (Å²) >= 11 is 0. The fourth-order valence-corrected chi connectivity index (χ4v) is 2.81. The standard InChI is InChI=1S/C23H24N2O2/c1-23(2,3)19-11-9-18(10-12-19)22(27)24-20-13-7-17(8-14-20)16-25-15-5-4-6-21(25)26/h4-15H,16H2,1-3H3,(H,24,27). The van der Waals surface area contributed by atoms with Gasteiger partial charge in [0.05, 0.1) is 6.54 Å². The van der Waals surface area contributed by atoms with Crippen molar-refractivity contribution in [2.24, 2.45) is 0 Å². The largest absolute Gasteiger partial charge is 0.322 e. The highest BCUT2D eigenvalue weighted by Gasteiger charge is 2.14. The summed E-state index contributed by atoms with van der Waals surface area (Å²) in [7, 11) is 0. The van der Waals surface area contributed by atoms with E-state index >= 15 is 0 Å². The minimum absolute atomic E-state index is 0.0337. The third kappa shape index (κ3) is 4.73. The van der Waals surface area contributed by atoms with Crippen LogP contribution in [0, 0.1) is 0 Å². The summed E-state index contributed by atoms with van der Waals surface area (Å²) < 4.78 is 1.64. The monoisotopic (exact) mass is 360 g/mol. The first kappa shape index (κ1) is 18.6. The number of carbonyl (C=O) groups excluding carboxylic acids is 1. The Hall–Kier alpha value is -3.14. The van der Waals surface area contributed by atoms with E-state index in [1.807, 2.05) is 54.6 Å². The SMILES string of the molecule is CC(C)(C)c1ccc(C(=O)Nc2ccc(Cn3ccccc3=O)cc2)cc1. The lowest BCUT2D eigenvalue weighted by Gasteiger charge is -2.19. The molecule has 3 rings (SSSR count). The van der Waals surface area contributed by atoms with E-state index in [2.05, 4.69) is 26.1 Å². The van der Waals surface area contributed by atoms with E-state index < -0.39 is 0 Å². The van der Waals surface area contributed by atoms with Crippen LogP contribution >= 0.6 is 0 Å². The van der Waals surface area contributed by atoms with Crippen LogP contribution in [0.4, 0.5) is 5.69 Å². The van der Waals surface area contributed by atoms with Crippen molar-refractivity contribution >= 4 is 11.6 Å². The summed E-state index contributed by atoms with van der Waals surface area (Å²) in [6, 6.07) is 20.3. The predicted octanol–water partition coefficient (Wildman–Crippen LogP) is 4.45. The van der Waals surface area contributed by atoms with Gasteiger partial charge in [-0.15, -0.1) is 0 Å². The molecule has 27 heavy (non-hydrogen) atoms. The zero-order chi connectivity index (χ0) is 19.4. The highest BCUT2D eigenvalue weighted by molar-refractivity contribution is 6.04. The molecule has 0 aliphatic rings. The Morgan fingerprint density at radius 1 is 0.926 bits per heavy atom. The van der Waals surface area contributed by atoms with Crippen LogP contribution in [0.25, 0.3) is 0 Å². The summed E-state index contributed by atoms with van der Waals surface area (Å²) in [6.07, 6.45) is 1.76. The minimum Gasteiger partial charge on any atom is -0.322 e. The number of benzene rings is 2. The first-order valence-corrected chi connectivity index (χ1v) is 8.99. The highest BCUT2D eigenvalue weighted by atomic mass is 16.1. The van der Waals surface area contributed by atoms with Gasteiger partial charge in [-0.25, -0.2) is 0 Å². The molecular weight excluding hydrogens is 336 g/mol. The molecule has 1 heterocycles. The fourth-order valence-electron chi connectivity index (χ4n) is 2.81. The molecule has 138 valence electrons. The number of rotatable bonds is 4. The Balaban J connectivity index is 1.66.